The van der Waals surface area contributed by atoms with E-state index >= 15 is 0 Å². The summed E-state index contributed by atoms with van der Waals surface area (Å²) < 4.78 is 0. The Morgan fingerprint density at radius 1 is 1.10 bits per heavy atom. The fourth-order valence-electron chi connectivity index (χ4n) is 4.75. The molecule has 6 heteroatoms. The lowest BCUT2D eigenvalue weighted by atomic mass is 9.84. The molecule has 2 heterocycles. The molecule has 0 unspecified atom stereocenters. The van der Waals surface area contributed by atoms with Crippen molar-refractivity contribution in [3.8, 4) is 0 Å². The molecule has 0 amide bonds. The molecule has 0 saturated carbocycles. The Balaban J connectivity index is 0.00000300. The highest BCUT2D eigenvalue weighted by Gasteiger charge is 2.39. The van der Waals surface area contributed by atoms with Crippen molar-refractivity contribution >= 4 is 29.9 Å². The number of aryl methyl sites for hydroxylation is 1. The summed E-state index contributed by atoms with van der Waals surface area (Å²) in [7, 11) is 6.30. The Hall–Kier alpha value is -0.860. The first-order chi connectivity index (χ1) is 13.5. The third-order valence-corrected chi connectivity index (χ3v) is 6.76. The Kier molecular flexibility index (Phi) is 9.69. The molecule has 29 heavy (non-hydrogen) atoms. The zero-order valence-electron chi connectivity index (χ0n) is 18.8. The molecule has 0 aliphatic carbocycles. The Morgan fingerprint density at radius 3 is 2.38 bits per heavy atom. The monoisotopic (exact) mass is 513 g/mol. The second-order valence-electron chi connectivity index (χ2n) is 8.76. The standard InChI is InChI=1S/C23H39N5.HI/c1-20-10-6-7-11-21(20)18-27(4)22(24-2)25-19-23(12-16-26(3)17-13-23)28-14-8-5-9-15-28;/h6-7,10-11H,5,8-9,12-19H2,1-4H3,(H,24,25);1H. The Morgan fingerprint density at radius 2 is 1.76 bits per heavy atom. The molecule has 0 radical (unpaired) electrons. The lowest BCUT2D eigenvalue weighted by molar-refractivity contribution is 0.0170. The van der Waals surface area contributed by atoms with Gasteiger partial charge in [0.15, 0.2) is 5.96 Å². The van der Waals surface area contributed by atoms with E-state index in [0.29, 0.717) is 0 Å². The minimum absolute atomic E-state index is 0. The van der Waals surface area contributed by atoms with E-state index in [1.807, 2.05) is 7.05 Å². The van der Waals surface area contributed by atoms with Crippen LogP contribution in [0.25, 0.3) is 0 Å². The number of nitrogens with one attached hydrogen (secondary N) is 1. The van der Waals surface area contributed by atoms with Crippen LogP contribution in [0.1, 0.15) is 43.2 Å². The average molecular weight is 514 g/mol. The topological polar surface area (TPSA) is 34.1 Å². The molecule has 2 fully saturated rings. The van der Waals surface area contributed by atoms with Crippen molar-refractivity contribution in [2.45, 2.75) is 51.1 Å². The molecular weight excluding hydrogens is 473 g/mol. The van der Waals surface area contributed by atoms with Crippen LogP contribution in [0.15, 0.2) is 29.3 Å². The fourth-order valence-corrected chi connectivity index (χ4v) is 4.75. The number of benzene rings is 1. The average Bonchev–Trinajstić information content (AvgIpc) is 2.72. The van der Waals surface area contributed by atoms with Gasteiger partial charge in [-0.3, -0.25) is 9.89 Å². The van der Waals surface area contributed by atoms with Crippen LogP contribution in [0.3, 0.4) is 0 Å². The van der Waals surface area contributed by atoms with Crippen molar-refractivity contribution in [3.05, 3.63) is 35.4 Å². The SMILES string of the molecule is CN=C(NCC1(N2CCCCC2)CCN(C)CC1)N(C)Cc1ccccc1C.I. The molecule has 2 aliphatic heterocycles. The zero-order chi connectivity index (χ0) is 20.0. The first-order valence-electron chi connectivity index (χ1n) is 10.9. The lowest BCUT2D eigenvalue weighted by Crippen LogP contribution is -2.62. The van der Waals surface area contributed by atoms with E-state index in [1.165, 1.54) is 69.4 Å². The molecule has 1 N–H and O–H groups in total. The number of likely N-dealkylation sites (tertiary alicyclic amines) is 2. The van der Waals surface area contributed by atoms with Crippen molar-refractivity contribution in [2.75, 3.05) is 53.9 Å². The molecule has 1 aromatic carbocycles. The summed E-state index contributed by atoms with van der Waals surface area (Å²) in [6.07, 6.45) is 6.57. The van der Waals surface area contributed by atoms with E-state index in [9.17, 15) is 0 Å². The van der Waals surface area contributed by atoms with E-state index in [0.717, 1.165) is 19.0 Å². The van der Waals surface area contributed by atoms with Crippen molar-refractivity contribution in [2.24, 2.45) is 4.99 Å². The van der Waals surface area contributed by atoms with E-state index in [2.05, 4.69) is 70.3 Å². The zero-order valence-corrected chi connectivity index (χ0v) is 21.1. The van der Waals surface area contributed by atoms with Gasteiger partial charge in [0.2, 0.25) is 0 Å². The van der Waals surface area contributed by atoms with Gasteiger partial charge >= 0.3 is 0 Å². The van der Waals surface area contributed by atoms with Gasteiger partial charge in [-0.1, -0.05) is 30.7 Å². The van der Waals surface area contributed by atoms with Gasteiger partial charge in [0.25, 0.3) is 0 Å². The molecule has 3 rings (SSSR count). The maximum absolute atomic E-state index is 4.59. The van der Waals surface area contributed by atoms with Crippen molar-refractivity contribution in [1.82, 2.24) is 20.0 Å². The fraction of sp³-hybridized carbons (Fsp3) is 0.696. The summed E-state index contributed by atoms with van der Waals surface area (Å²) in [5.74, 6) is 0.999. The van der Waals surface area contributed by atoms with E-state index < -0.39 is 0 Å². The smallest absolute Gasteiger partial charge is 0.193 e. The molecule has 2 aliphatic rings. The van der Waals surface area contributed by atoms with Gasteiger partial charge in [0.05, 0.1) is 0 Å². The van der Waals surface area contributed by atoms with E-state index in [1.54, 1.807) is 0 Å². The molecule has 0 atom stereocenters. The van der Waals surface area contributed by atoms with Gasteiger partial charge in [-0.25, -0.2) is 0 Å². The quantitative estimate of drug-likeness (QED) is 0.371. The Bertz CT molecular complexity index is 648. The van der Waals surface area contributed by atoms with Gasteiger partial charge < -0.3 is 15.1 Å². The molecule has 5 nitrogen and oxygen atoms in total. The second kappa shape index (κ2) is 11.5. The van der Waals surface area contributed by atoms with E-state index in [-0.39, 0.29) is 29.5 Å². The molecule has 0 spiro atoms. The normalized spacial score (nSPS) is 20.8. The number of nitrogens with zero attached hydrogens (tertiary/aromatic N) is 4. The van der Waals surface area contributed by atoms with Gasteiger partial charge in [0.1, 0.15) is 0 Å². The Labute approximate surface area is 194 Å². The van der Waals surface area contributed by atoms with Gasteiger partial charge in [-0.05, 0) is 77.0 Å². The number of halogens is 1. The second-order valence-corrected chi connectivity index (χ2v) is 8.76. The highest BCUT2D eigenvalue weighted by atomic mass is 127. The van der Waals surface area contributed by atoms with Crippen LogP contribution in [-0.4, -0.2) is 80.1 Å². The van der Waals surface area contributed by atoms with Gasteiger partial charge in [-0.15, -0.1) is 24.0 Å². The largest absolute Gasteiger partial charge is 0.354 e. The van der Waals surface area contributed by atoms with Crippen LogP contribution < -0.4 is 5.32 Å². The van der Waals surface area contributed by atoms with Crippen LogP contribution in [0, 0.1) is 6.92 Å². The van der Waals surface area contributed by atoms with Gasteiger partial charge in [-0.2, -0.15) is 0 Å². The lowest BCUT2D eigenvalue weighted by Gasteiger charge is -2.50. The molecule has 164 valence electrons. The van der Waals surface area contributed by atoms with Crippen molar-refractivity contribution in [3.63, 3.8) is 0 Å². The first kappa shape index (κ1) is 24.4. The van der Waals surface area contributed by atoms with Crippen LogP contribution >= 0.6 is 24.0 Å². The van der Waals surface area contributed by atoms with Crippen LogP contribution in [0.4, 0.5) is 0 Å². The molecule has 0 bridgehead atoms. The number of piperidine rings is 2. The molecule has 0 aromatic heterocycles. The summed E-state index contributed by atoms with van der Waals surface area (Å²) in [6, 6.07) is 8.62. The minimum atomic E-state index is 0. The molecule has 1 aromatic rings. The summed E-state index contributed by atoms with van der Waals surface area (Å²) in [5.41, 5.74) is 2.97. The van der Waals surface area contributed by atoms with Crippen molar-refractivity contribution < 1.29 is 0 Å². The molecular formula is C23H40IN5. The summed E-state index contributed by atoms with van der Waals surface area (Å²) in [4.78, 5) is 12.1. The first-order valence-corrected chi connectivity index (χ1v) is 10.9. The highest BCUT2D eigenvalue weighted by Crippen LogP contribution is 2.31. The highest BCUT2D eigenvalue weighted by molar-refractivity contribution is 14.0. The predicted octanol–water partition coefficient (Wildman–Crippen LogP) is 3.57. The van der Waals surface area contributed by atoms with Gasteiger partial charge in [0, 0.05) is 32.7 Å². The predicted molar refractivity (Wildman–Crippen MR) is 134 cm³/mol. The number of aliphatic imine (C=N–C) groups is 1. The summed E-state index contributed by atoms with van der Waals surface area (Å²) in [6.45, 7) is 8.94. The van der Waals surface area contributed by atoms with E-state index in [4.69, 9.17) is 0 Å². The summed E-state index contributed by atoms with van der Waals surface area (Å²) in [5, 5.41) is 3.75. The van der Waals surface area contributed by atoms with Crippen LogP contribution in [0.2, 0.25) is 0 Å². The number of hydrogen-bond acceptors (Lipinski definition) is 3. The third kappa shape index (κ3) is 6.31. The maximum atomic E-state index is 4.59. The van der Waals surface area contributed by atoms with Crippen molar-refractivity contribution in [1.29, 1.82) is 0 Å². The minimum Gasteiger partial charge on any atom is -0.354 e. The van der Waals surface area contributed by atoms with Crippen LogP contribution in [-0.2, 0) is 6.54 Å². The third-order valence-electron chi connectivity index (χ3n) is 6.76. The summed E-state index contributed by atoms with van der Waals surface area (Å²) >= 11 is 0. The number of hydrogen-bond donors (Lipinski definition) is 1. The number of rotatable bonds is 5. The molecule has 2 saturated heterocycles. The number of guanidine groups is 1. The maximum Gasteiger partial charge on any atom is 0.193 e. The van der Waals surface area contributed by atoms with Crippen LogP contribution in [0.5, 0.6) is 0 Å².